The molecule has 1 aromatic heterocycles. The number of nitrogens with zero attached hydrogens (tertiary/aromatic N) is 2. The van der Waals surface area contributed by atoms with E-state index in [-0.39, 0.29) is 29.6 Å². The maximum Gasteiger partial charge on any atom is 0.251 e. The third-order valence-corrected chi connectivity index (χ3v) is 4.65. The Hall–Kier alpha value is -3.16. The Morgan fingerprint density at radius 3 is 2.46 bits per heavy atom. The number of rotatable bonds is 4. The maximum atomic E-state index is 12.8. The summed E-state index contributed by atoms with van der Waals surface area (Å²) >= 11 is 0. The molecule has 148 valence electrons. The van der Waals surface area contributed by atoms with Crippen LogP contribution in [-0.2, 0) is 15.0 Å². The van der Waals surface area contributed by atoms with Crippen LogP contribution in [0.1, 0.15) is 49.7 Å². The molecular weight excluding hydrogens is 360 g/mol. The molecule has 1 atom stereocenters. The smallest absolute Gasteiger partial charge is 0.251 e. The fourth-order valence-electron chi connectivity index (χ4n) is 3.07. The zero-order valence-electron chi connectivity index (χ0n) is 16.4. The molecule has 0 aliphatic carbocycles. The predicted octanol–water partition coefficient (Wildman–Crippen LogP) is 2.47. The summed E-state index contributed by atoms with van der Waals surface area (Å²) in [6.45, 7) is 5.96. The quantitative estimate of drug-likeness (QED) is 0.843. The van der Waals surface area contributed by atoms with E-state index in [9.17, 15) is 14.4 Å². The molecule has 28 heavy (non-hydrogen) atoms. The first-order valence-electron chi connectivity index (χ1n) is 9.13. The van der Waals surface area contributed by atoms with Gasteiger partial charge in [0.15, 0.2) is 5.82 Å². The molecule has 1 saturated heterocycles. The molecule has 0 saturated carbocycles. The highest BCUT2D eigenvalue weighted by atomic mass is 16.5. The van der Waals surface area contributed by atoms with Crippen molar-refractivity contribution in [3.63, 3.8) is 0 Å². The Balaban J connectivity index is 1.77. The summed E-state index contributed by atoms with van der Waals surface area (Å²) in [7, 11) is 1.55. The van der Waals surface area contributed by atoms with E-state index in [1.807, 2.05) is 20.8 Å². The first kappa shape index (κ1) is 19.6. The Morgan fingerprint density at radius 2 is 1.89 bits per heavy atom. The van der Waals surface area contributed by atoms with E-state index < -0.39 is 6.04 Å². The largest absolute Gasteiger partial charge is 0.359 e. The minimum atomic E-state index is -0.645. The predicted molar refractivity (Wildman–Crippen MR) is 104 cm³/mol. The molecule has 2 N–H and O–H groups in total. The molecule has 3 amide bonds. The van der Waals surface area contributed by atoms with E-state index >= 15 is 0 Å². The zero-order chi connectivity index (χ0) is 20.5. The van der Waals surface area contributed by atoms with Crippen molar-refractivity contribution in [1.82, 2.24) is 10.5 Å². The van der Waals surface area contributed by atoms with Gasteiger partial charge in [-0.3, -0.25) is 19.3 Å². The zero-order valence-corrected chi connectivity index (χ0v) is 16.4. The molecule has 1 aliphatic heterocycles. The molecule has 3 rings (SSSR count). The van der Waals surface area contributed by atoms with Crippen LogP contribution in [-0.4, -0.2) is 36.0 Å². The van der Waals surface area contributed by atoms with Gasteiger partial charge < -0.3 is 15.2 Å². The highest BCUT2D eigenvalue weighted by Crippen LogP contribution is 2.29. The summed E-state index contributed by atoms with van der Waals surface area (Å²) in [6, 6.07) is 7.64. The van der Waals surface area contributed by atoms with Crippen molar-refractivity contribution in [2.24, 2.45) is 0 Å². The molecule has 0 unspecified atom stereocenters. The van der Waals surface area contributed by atoms with Crippen LogP contribution in [0.25, 0.3) is 0 Å². The second-order valence-electron chi connectivity index (χ2n) is 7.76. The topological polar surface area (TPSA) is 105 Å². The van der Waals surface area contributed by atoms with E-state index in [4.69, 9.17) is 4.52 Å². The summed E-state index contributed by atoms with van der Waals surface area (Å²) in [5.74, 6) is 0.309. The number of aromatic nitrogens is 1. The fraction of sp³-hybridized carbons (Fsp3) is 0.400. The van der Waals surface area contributed by atoms with Crippen molar-refractivity contribution in [1.29, 1.82) is 0 Å². The number of carbonyl (C=O) groups excluding carboxylic acids is 3. The number of hydrogen-bond acceptors (Lipinski definition) is 5. The molecule has 0 radical (unpaired) electrons. The van der Waals surface area contributed by atoms with Crippen LogP contribution in [0.2, 0.25) is 0 Å². The molecule has 0 spiro atoms. The van der Waals surface area contributed by atoms with Gasteiger partial charge in [-0.2, -0.15) is 0 Å². The second-order valence-corrected chi connectivity index (χ2v) is 7.76. The molecular formula is C20H24N4O4. The SMILES string of the molecule is CNC(=O)c1ccc(N2C(=O)CC[C@H]2C(=O)Nc2cc(C(C)(C)C)on2)cc1. The van der Waals surface area contributed by atoms with Crippen molar-refractivity contribution >= 4 is 29.2 Å². The third-order valence-electron chi connectivity index (χ3n) is 4.65. The van der Waals surface area contributed by atoms with Crippen molar-refractivity contribution in [2.45, 2.75) is 45.1 Å². The summed E-state index contributed by atoms with van der Waals surface area (Å²) in [4.78, 5) is 38.3. The summed E-state index contributed by atoms with van der Waals surface area (Å²) in [5, 5.41) is 9.18. The first-order chi connectivity index (χ1) is 13.2. The lowest BCUT2D eigenvalue weighted by Crippen LogP contribution is -2.41. The molecule has 2 heterocycles. The molecule has 8 heteroatoms. The number of nitrogens with one attached hydrogen (secondary N) is 2. The van der Waals surface area contributed by atoms with Gasteiger partial charge in [0.2, 0.25) is 11.8 Å². The lowest BCUT2D eigenvalue weighted by Gasteiger charge is -2.24. The number of carbonyl (C=O) groups is 3. The van der Waals surface area contributed by atoms with Crippen molar-refractivity contribution < 1.29 is 18.9 Å². The average Bonchev–Trinajstić information content (AvgIpc) is 3.27. The summed E-state index contributed by atoms with van der Waals surface area (Å²) in [6.07, 6.45) is 0.688. The van der Waals surface area contributed by atoms with E-state index in [1.165, 1.54) is 4.90 Å². The van der Waals surface area contributed by atoms with Crippen molar-refractivity contribution in [3.05, 3.63) is 41.7 Å². The standard InChI is InChI=1S/C20H24N4O4/c1-20(2,3)15-11-16(23-28-15)22-19(27)14-9-10-17(25)24(14)13-7-5-12(6-8-13)18(26)21-4/h5-8,11,14H,9-10H2,1-4H3,(H,21,26)(H,22,23,27)/t14-/m0/s1. The van der Waals surface area contributed by atoms with Gasteiger partial charge in [-0.25, -0.2) is 0 Å². The van der Waals surface area contributed by atoms with Crippen LogP contribution in [0.15, 0.2) is 34.9 Å². The summed E-state index contributed by atoms with van der Waals surface area (Å²) in [5.41, 5.74) is 0.833. The molecule has 0 bridgehead atoms. The fourth-order valence-corrected chi connectivity index (χ4v) is 3.07. The van der Waals surface area contributed by atoms with Gasteiger partial charge >= 0.3 is 0 Å². The normalized spacial score (nSPS) is 16.9. The van der Waals surface area contributed by atoms with E-state index in [2.05, 4.69) is 15.8 Å². The maximum absolute atomic E-state index is 12.8. The van der Waals surface area contributed by atoms with Gasteiger partial charge in [-0.1, -0.05) is 25.9 Å². The molecule has 1 fully saturated rings. The second kappa shape index (κ2) is 7.46. The van der Waals surface area contributed by atoms with Gasteiger partial charge in [0.25, 0.3) is 5.91 Å². The van der Waals surface area contributed by atoms with Crippen molar-refractivity contribution in [2.75, 3.05) is 17.3 Å². The Labute approximate surface area is 163 Å². The molecule has 2 aromatic rings. The van der Waals surface area contributed by atoms with Crippen LogP contribution in [0.3, 0.4) is 0 Å². The van der Waals surface area contributed by atoms with Crippen LogP contribution >= 0.6 is 0 Å². The van der Waals surface area contributed by atoms with E-state index in [1.54, 1.807) is 37.4 Å². The number of amides is 3. The lowest BCUT2D eigenvalue weighted by molar-refractivity contribution is -0.120. The minimum Gasteiger partial charge on any atom is -0.359 e. The minimum absolute atomic E-state index is 0.136. The highest BCUT2D eigenvalue weighted by molar-refractivity contribution is 6.07. The van der Waals surface area contributed by atoms with Gasteiger partial charge in [0.1, 0.15) is 11.8 Å². The monoisotopic (exact) mass is 384 g/mol. The van der Waals surface area contributed by atoms with E-state index in [0.29, 0.717) is 29.2 Å². The Kier molecular flexibility index (Phi) is 5.22. The Morgan fingerprint density at radius 1 is 1.21 bits per heavy atom. The van der Waals surface area contributed by atoms with Crippen molar-refractivity contribution in [3.8, 4) is 0 Å². The number of benzene rings is 1. The third kappa shape index (κ3) is 3.90. The van der Waals surface area contributed by atoms with Gasteiger partial charge in [-0.05, 0) is 30.7 Å². The average molecular weight is 384 g/mol. The van der Waals surface area contributed by atoms with E-state index in [0.717, 1.165) is 0 Å². The molecule has 1 aromatic carbocycles. The van der Waals surface area contributed by atoms with Crippen LogP contribution in [0.4, 0.5) is 11.5 Å². The Bertz CT molecular complexity index is 896. The molecule has 1 aliphatic rings. The van der Waals surface area contributed by atoms with Crippen LogP contribution < -0.4 is 15.5 Å². The van der Waals surface area contributed by atoms with Crippen LogP contribution in [0.5, 0.6) is 0 Å². The van der Waals surface area contributed by atoms with Crippen LogP contribution in [0, 0.1) is 0 Å². The van der Waals surface area contributed by atoms with Gasteiger partial charge in [0.05, 0.1) is 0 Å². The van der Waals surface area contributed by atoms with Gasteiger partial charge in [-0.15, -0.1) is 0 Å². The number of anilines is 2. The van der Waals surface area contributed by atoms with Gasteiger partial charge in [0, 0.05) is 36.2 Å². The number of hydrogen-bond donors (Lipinski definition) is 2. The highest BCUT2D eigenvalue weighted by Gasteiger charge is 2.37. The lowest BCUT2D eigenvalue weighted by atomic mass is 9.93. The first-order valence-corrected chi connectivity index (χ1v) is 9.13. The summed E-state index contributed by atoms with van der Waals surface area (Å²) < 4.78 is 5.29. The molecule has 8 nitrogen and oxygen atoms in total.